The second kappa shape index (κ2) is 6.34. The van der Waals surface area contributed by atoms with Crippen molar-refractivity contribution in [3.05, 3.63) is 33.9 Å². The van der Waals surface area contributed by atoms with Gasteiger partial charge in [-0.25, -0.2) is 4.79 Å². The highest BCUT2D eigenvalue weighted by atomic mass is 16.6. The number of nitrogens with one attached hydrogen (secondary N) is 2. The summed E-state index contributed by atoms with van der Waals surface area (Å²) in [7, 11) is 1.47. The molecule has 0 fully saturated rings. The number of carboxylic acids is 1. The summed E-state index contributed by atoms with van der Waals surface area (Å²) in [5.74, 6) is -1.52. The predicted octanol–water partition coefficient (Wildman–Crippen LogP) is 0.841. The van der Waals surface area contributed by atoms with Gasteiger partial charge in [0.05, 0.1) is 10.5 Å². The van der Waals surface area contributed by atoms with Crippen LogP contribution in [0.2, 0.25) is 0 Å². The van der Waals surface area contributed by atoms with E-state index in [4.69, 9.17) is 5.11 Å². The summed E-state index contributed by atoms with van der Waals surface area (Å²) in [4.78, 5) is 32.2. The number of aromatic carboxylic acids is 1. The van der Waals surface area contributed by atoms with Crippen molar-refractivity contribution < 1.29 is 19.6 Å². The maximum atomic E-state index is 11.0. The van der Waals surface area contributed by atoms with Crippen molar-refractivity contribution in [3.8, 4) is 0 Å². The van der Waals surface area contributed by atoms with E-state index in [9.17, 15) is 19.7 Å². The lowest BCUT2D eigenvalue weighted by Gasteiger charge is -2.09. The van der Waals surface area contributed by atoms with Crippen molar-refractivity contribution in [3.63, 3.8) is 0 Å². The first-order valence-corrected chi connectivity index (χ1v) is 5.42. The van der Waals surface area contributed by atoms with Crippen LogP contribution in [-0.2, 0) is 4.79 Å². The van der Waals surface area contributed by atoms with Gasteiger partial charge in [0.25, 0.3) is 5.69 Å². The number of nitro groups is 1. The van der Waals surface area contributed by atoms with Crippen LogP contribution < -0.4 is 10.6 Å². The molecule has 0 saturated heterocycles. The molecule has 1 amide bonds. The monoisotopic (exact) mass is 267 g/mol. The van der Waals surface area contributed by atoms with Gasteiger partial charge in [-0.3, -0.25) is 14.9 Å². The molecule has 19 heavy (non-hydrogen) atoms. The third-order valence-electron chi connectivity index (χ3n) is 2.40. The van der Waals surface area contributed by atoms with Crippen LogP contribution >= 0.6 is 0 Å². The average molecular weight is 267 g/mol. The number of rotatable bonds is 6. The first-order valence-electron chi connectivity index (χ1n) is 5.42. The Morgan fingerprint density at radius 3 is 2.63 bits per heavy atom. The minimum atomic E-state index is -1.27. The Morgan fingerprint density at radius 2 is 2.11 bits per heavy atom. The molecule has 0 unspecified atom stereocenters. The largest absolute Gasteiger partial charge is 0.478 e. The Morgan fingerprint density at radius 1 is 1.42 bits per heavy atom. The van der Waals surface area contributed by atoms with Crippen molar-refractivity contribution in [1.82, 2.24) is 5.32 Å². The van der Waals surface area contributed by atoms with Gasteiger partial charge in [-0.05, 0) is 6.07 Å². The van der Waals surface area contributed by atoms with Crippen LogP contribution in [0.3, 0.4) is 0 Å². The Bertz CT molecular complexity index is 483. The lowest BCUT2D eigenvalue weighted by Crippen LogP contribution is -2.21. The molecule has 0 heterocycles. The molecular weight excluding hydrogens is 254 g/mol. The highest BCUT2D eigenvalue weighted by Gasteiger charge is 2.20. The topological polar surface area (TPSA) is 122 Å². The van der Waals surface area contributed by atoms with Crippen LogP contribution in [0, 0.1) is 10.1 Å². The Labute approximate surface area is 108 Å². The van der Waals surface area contributed by atoms with Crippen LogP contribution in [-0.4, -0.2) is 35.5 Å². The molecule has 102 valence electrons. The summed E-state index contributed by atoms with van der Waals surface area (Å²) >= 11 is 0. The second-order valence-corrected chi connectivity index (χ2v) is 3.61. The summed E-state index contributed by atoms with van der Waals surface area (Å²) < 4.78 is 0. The molecule has 0 aliphatic carbocycles. The molecule has 1 rings (SSSR count). The van der Waals surface area contributed by atoms with E-state index >= 15 is 0 Å². The molecule has 0 spiro atoms. The Hall–Kier alpha value is -2.64. The number of hydrogen-bond acceptors (Lipinski definition) is 5. The van der Waals surface area contributed by atoms with Gasteiger partial charge < -0.3 is 15.7 Å². The number of para-hydroxylation sites is 1. The van der Waals surface area contributed by atoms with Crippen molar-refractivity contribution in [2.45, 2.75) is 6.42 Å². The van der Waals surface area contributed by atoms with E-state index in [1.54, 1.807) is 0 Å². The first-order chi connectivity index (χ1) is 8.97. The fourth-order valence-electron chi connectivity index (χ4n) is 1.48. The molecular formula is C11H13N3O5. The molecule has 0 radical (unpaired) electrons. The van der Waals surface area contributed by atoms with Crippen LogP contribution in [0.1, 0.15) is 16.8 Å². The molecule has 3 N–H and O–H groups in total. The number of nitrogens with zero attached hydrogens (tertiary/aromatic N) is 1. The number of anilines is 1. The SMILES string of the molecule is CNC(=O)CCNc1c(C(=O)O)cccc1[N+](=O)[O-]. The minimum Gasteiger partial charge on any atom is -0.478 e. The molecule has 0 atom stereocenters. The maximum Gasteiger partial charge on any atom is 0.338 e. The van der Waals surface area contributed by atoms with Gasteiger partial charge >= 0.3 is 5.97 Å². The van der Waals surface area contributed by atoms with Crippen molar-refractivity contribution in [2.24, 2.45) is 0 Å². The zero-order chi connectivity index (χ0) is 14.4. The Kier molecular flexibility index (Phi) is 4.81. The number of nitro benzene ring substituents is 1. The summed E-state index contributed by atoms with van der Waals surface area (Å²) in [5.41, 5.74) is -0.633. The van der Waals surface area contributed by atoms with Crippen molar-refractivity contribution >= 4 is 23.3 Å². The highest BCUT2D eigenvalue weighted by Crippen LogP contribution is 2.28. The number of amides is 1. The standard InChI is InChI=1S/C11H13N3O5/c1-12-9(15)5-6-13-10-7(11(16)17)3-2-4-8(10)14(18)19/h2-4,13H,5-6H2,1H3,(H,12,15)(H,16,17). The minimum absolute atomic E-state index is 0.0849. The quantitative estimate of drug-likeness (QED) is 0.518. The van der Waals surface area contributed by atoms with Gasteiger partial charge in [-0.1, -0.05) is 6.07 Å². The molecule has 8 nitrogen and oxygen atoms in total. The van der Waals surface area contributed by atoms with Crippen molar-refractivity contribution in [1.29, 1.82) is 0 Å². The molecule has 1 aromatic rings. The number of carbonyl (C=O) groups is 2. The Balaban J connectivity index is 2.98. The van der Waals surface area contributed by atoms with Gasteiger partial charge in [0.15, 0.2) is 0 Å². The van der Waals surface area contributed by atoms with E-state index in [0.717, 1.165) is 0 Å². The number of hydrogen-bond donors (Lipinski definition) is 3. The summed E-state index contributed by atoms with van der Waals surface area (Å²) in [6.07, 6.45) is 0.0849. The van der Waals surface area contributed by atoms with E-state index in [2.05, 4.69) is 10.6 Å². The zero-order valence-corrected chi connectivity index (χ0v) is 10.2. The van der Waals surface area contributed by atoms with E-state index in [-0.39, 0.29) is 35.8 Å². The van der Waals surface area contributed by atoms with Gasteiger partial charge in [0, 0.05) is 26.1 Å². The molecule has 0 saturated carbocycles. The molecule has 8 heteroatoms. The third-order valence-corrected chi connectivity index (χ3v) is 2.40. The van der Waals surface area contributed by atoms with Crippen LogP contribution in [0.5, 0.6) is 0 Å². The van der Waals surface area contributed by atoms with Gasteiger partial charge in [-0.2, -0.15) is 0 Å². The zero-order valence-electron chi connectivity index (χ0n) is 10.2. The van der Waals surface area contributed by atoms with Gasteiger partial charge in [-0.15, -0.1) is 0 Å². The fourth-order valence-corrected chi connectivity index (χ4v) is 1.48. The maximum absolute atomic E-state index is 11.0. The number of benzene rings is 1. The number of carboxylic acid groups (broad SMARTS) is 1. The van der Waals surface area contributed by atoms with Crippen LogP contribution in [0.25, 0.3) is 0 Å². The summed E-state index contributed by atoms with van der Waals surface area (Å²) in [5, 5.41) is 24.9. The van der Waals surface area contributed by atoms with E-state index in [0.29, 0.717) is 0 Å². The van der Waals surface area contributed by atoms with Gasteiger partial charge in [0.1, 0.15) is 5.69 Å². The highest BCUT2D eigenvalue weighted by molar-refractivity contribution is 5.96. The average Bonchev–Trinajstić information content (AvgIpc) is 2.37. The third kappa shape index (κ3) is 3.66. The molecule has 0 bridgehead atoms. The molecule has 1 aromatic carbocycles. The summed E-state index contributed by atoms with van der Waals surface area (Å²) in [6, 6.07) is 3.76. The fraction of sp³-hybridized carbons (Fsp3) is 0.273. The van der Waals surface area contributed by atoms with E-state index < -0.39 is 10.9 Å². The molecule has 0 aliphatic rings. The van der Waals surface area contributed by atoms with Crippen LogP contribution in [0.15, 0.2) is 18.2 Å². The van der Waals surface area contributed by atoms with E-state index in [1.165, 1.54) is 25.2 Å². The van der Waals surface area contributed by atoms with E-state index in [1.807, 2.05) is 0 Å². The smallest absolute Gasteiger partial charge is 0.338 e. The molecule has 0 aromatic heterocycles. The summed E-state index contributed by atoms with van der Waals surface area (Å²) in [6.45, 7) is 0.102. The lowest BCUT2D eigenvalue weighted by atomic mass is 10.1. The second-order valence-electron chi connectivity index (χ2n) is 3.61. The van der Waals surface area contributed by atoms with Crippen LogP contribution in [0.4, 0.5) is 11.4 Å². The normalized spacial score (nSPS) is 9.74. The first kappa shape index (κ1) is 14.4. The van der Waals surface area contributed by atoms with Gasteiger partial charge in [0.2, 0.25) is 5.91 Å². The molecule has 0 aliphatic heterocycles. The number of carbonyl (C=O) groups excluding carboxylic acids is 1. The van der Waals surface area contributed by atoms with Crippen molar-refractivity contribution in [2.75, 3.05) is 18.9 Å². The predicted molar refractivity (Wildman–Crippen MR) is 67.2 cm³/mol. The lowest BCUT2D eigenvalue weighted by molar-refractivity contribution is -0.384.